The van der Waals surface area contributed by atoms with Gasteiger partial charge in [0.15, 0.2) is 6.10 Å². The molecule has 0 saturated carbocycles. The third-order valence-electron chi connectivity index (χ3n) is 3.33. The molecule has 1 aliphatic heterocycles. The van der Waals surface area contributed by atoms with Gasteiger partial charge in [-0.2, -0.15) is 0 Å². The summed E-state index contributed by atoms with van der Waals surface area (Å²) in [7, 11) is 1.99. The maximum absolute atomic E-state index is 6.12. The minimum absolute atomic E-state index is 0.0398. The summed E-state index contributed by atoms with van der Waals surface area (Å²) in [4.78, 5) is 4.55. The molecule has 100 valence electrons. The number of rotatable bonds is 2. The molecular weight excluding hydrogens is 324 g/mol. The Balaban J connectivity index is 1.96. The quantitative estimate of drug-likeness (QED) is 0.898. The summed E-state index contributed by atoms with van der Waals surface area (Å²) >= 11 is 5.17. The highest BCUT2D eigenvalue weighted by atomic mass is 79.9. The first kappa shape index (κ1) is 13.1. The molecule has 0 spiro atoms. The Kier molecular flexibility index (Phi) is 3.60. The van der Waals surface area contributed by atoms with E-state index in [-0.39, 0.29) is 6.10 Å². The average Bonchev–Trinajstić information content (AvgIpc) is 2.83. The Hall–Kier alpha value is -0.910. The van der Waals surface area contributed by atoms with Crippen LogP contribution in [0.25, 0.3) is 0 Å². The zero-order chi connectivity index (χ0) is 13.4. The molecule has 0 fully saturated rings. The molecule has 5 heteroatoms. The largest absolute Gasteiger partial charge is 0.483 e. The van der Waals surface area contributed by atoms with Gasteiger partial charge in [-0.05, 0) is 26.1 Å². The Labute approximate surface area is 125 Å². The minimum Gasteiger partial charge on any atom is -0.483 e. The number of hydrogen-bond donors (Lipinski definition) is 1. The zero-order valence-corrected chi connectivity index (χ0v) is 13.2. The molecule has 0 amide bonds. The Morgan fingerprint density at radius 3 is 3.00 bits per heavy atom. The first-order valence-electron chi connectivity index (χ1n) is 6.23. The molecule has 3 rings (SSSR count). The van der Waals surface area contributed by atoms with Gasteiger partial charge in [-0.1, -0.05) is 22.0 Å². The number of thiazole rings is 1. The van der Waals surface area contributed by atoms with E-state index in [2.05, 4.69) is 43.7 Å². The van der Waals surface area contributed by atoms with Crippen LogP contribution in [0, 0.1) is 6.92 Å². The minimum atomic E-state index is 0.0398. The maximum Gasteiger partial charge on any atom is 0.152 e. The lowest BCUT2D eigenvalue weighted by atomic mass is 9.97. The SMILES string of the molecule is CNC1CC(c2nc(C)cs2)Oc2cc(Br)ccc21. The van der Waals surface area contributed by atoms with Crippen LogP contribution in [0.1, 0.15) is 34.8 Å². The molecular formula is C14H15BrN2OS. The molecule has 2 unspecified atom stereocenters. The molecule has 1 aromatic carbocycles. The Morgan fingerprint density at radius 2 is 2.32 bits per heavy atom. The van der Waals surface area contributed by atoms with Gasteiger partial charge in [0.05, 0.1) is 0 Å². The second kappa shape index (κ2) is 5.23. The van der Waals surface area contributed by atoms with Gasteiger partial charge >= 0.3 is 0 Å². The predicted molar refractivity (Wildman–Crippen MR) is 80.8 cm³/mol. The van der Waals surface area contributed by atoms with Crippen LogP contribution in [-0.2, 0) is 0 Å². The molecule has 0 aliphatic carbocycles. The molecule has 1 N–H and O–H groups in total. The molecule has 0 bridgehead atoms. The van der Waals surface area contributed by atoms with E-state index in [1.165, 1.54) is 5.56 Å². The van der Waals surface area contributed by atoms with Gasteiger partial charge in [0.1, 0.15) is 10.8 Å². The summed E-state index contributed by atoms with van der Waals surface area (Å²) in [6.07, 6.45) is 0.955. The Morgan fingerprint density at radius 1 is 1.47 bits per heavy atom. The molecule has 2 heterocycles. The van der Waals surface area contributed by atoms with Crippen molar-refractivity contribution in [2.75, 3.05) is 7.05 Å². The van der Waals surface area contributed by atoms with Gasteiger partial charge in [0.2, 0.25) is 0 Å². The zero-order valence-electron chi connectivity index (χ0n) is 10.8. The van der Waals surface area contributed by atoms with E-state index in [1.54, 1.807) is 11.3 Å². The molecule has 1 aromatic heterocycles. The van der Waals surface area contributed by atoms with E-state index < -0.39 is 0 Å². The number of hydrogen-bond acceptors (Lipinski definition) is 4. The molecule has 2 aromatic rings. The van der Waals surface area contributed by atoms with Crippen LogP contribution < -0.4 is 10.1 Å². The Bertz CT molecular complexity index is 599. The number of nitrogens with one attached hydrogen (secondary N) is 1. The van der Waals surface area contributed by atoms with Crippen molar-refractivity contribution in [2.24, 2.45) is 0 Å². The molecule has 3 nitrogen and oxygen atoms in total. The average molecular weight is 339 g/mol. The fourth-order valence-electron chi connectivity index (χ4n) is 2.39. The second-order valence-electron chi connectivity index (χ2n) is 4.69. The number of benzene rings is 1. The highest BCUT2D eigenvalue weighted by Gasteiger charge is 2.30. The monoisotopic (exact) mass is 338 g/mol. The third kappa shape index (κ3) is 2.55. The first-order chi connectivity index (χ1) is 9.17. The van der Waals surface area contributed by atoms with Gasteiger partial charge in [-0.25, -0.2) is 4.98 Å². The topological polar surface area (TPSA) is 34.2 Å². The van der Waals surface area contributed by atoms with Gasteiger partial charge in [0.25, 0.3) is 0 Å². The fraction of sp³-hybridized carbons (Fsp3) is 0.357. The number of halogens is 1. The predicted octanol–water partition coefficient (Wildman–Crippen LogP) is 4.00. The molecule has 19 heavy (non-hydrogen) atoms. The standard InChI is InChI=1S/C14H15BrN2OS/c1-8-7-19-14(17-8)13-6-11(16-2)10-4-3-9(15)5-12(10)18-13/h3-5,7,11,13,16H,6H2,1-2H3. The lowest BCUT2D eigenvalue weighted by molar-refractivity contribution is 0.153. The van der Waals surface area contributed by atoms with Crippen molar-refractivity contribution in [3.05, 3.63) is 44.3 Å². The number of aromatic nitrogens is 1. The van der Waals surface area contributed by atoms with E-state index in [0.29, 0.717) is 6.04 Å². The molecule has 0 saturated heterocycles. The summed E-state index contributed by atoms with van der Waals surface area (Å²) in [5.41, 5.74) is 2.28. The van der Waals surface area contributed by atoms with Crippen molar-refractivity contribution in [1.29, 1.82) is 0 Å². The summed E-state index contributed by atoms with van der Waals surface area (Å²) in [6, 6.07) is 6.52. The van der Waals surface area contributed by atoms with E-state index >= 15 is 0 Å². The lowest BCUT2D eigenvalue weighted by Gasteiger charge is -2.31. The van der Waals surface area contributed by atoms with Crippen LogP contribution in [-0.4, -0.2) is 12.0 Å². The first-order valence-corrected chi connectivity index (χ1v) is 7.90. The van der Waals surface area contributed by atoms with Crippen molar-refractivity contribution in [3.63, 3.8) is 0 Å². The van der Waals surface area contributed by atoms with Crippen molar-refractivity contribution >= 4 is 27.3 Å². The van der Waals surface area contributed by atoms with Gasteiger partial charge in [-0.3, -0.25) is 0 Å². The van der Waals surface area contributed by atoms with Crippen LogP contribution in [0.2, 0.25) is 0 Å². The third-order valence-corrected chi connectivity index (χ3v) is 4.88. The number of fused-ring (bicyclic) bond motifs is 1. The second-order valence-corrected chi connectivity index (χ2v) is 6.50. The van der Waals surface area contributed by atoms with Gasteiger partial charge in [0, 0.05) is 33.6 Å². The van der Waals surface area contributed by atoms with E-state index in [0.717, 1.165) is 27.3 Å². The number of ether oxygens (including phenoxy) is 1. The smallest absolute Gasteiger partial charge is 0.152 e. The summed E-state index contributed by atoms with van der Waals surface area (Å²) in [5.74, 6) is 0.942. The lowest BCUT2D eigenvalue weighted by Crippen LogP contribution is -2.26. The summed E-state index contributed by atoms with van der Waals surface area (Å²) < 4.78 is 7.16. The highest BCUT2D eigenvalue weighted by Crippen LogP contribution is 2.42. The van der Waals surface area contributed by atoms with Crippen molar-refractivity contribution < 1.29 is 4.74 Å². The molecule has 1 aliphatic rings. The molecule has 2 atom stereocenters. The van der Waals surface area contributed by atoms with Gasteiger partial charge < -0.3 is 10.1 Å². The number of nitrogens with zero attached hydrogens (tertiary/aromatic N) is 1. The summed E-state index contributed by atoms with van der Waals surface area (Å²) in [5, 5.41) is 6.50. The van der Waals surface area contributed by atoms with Crippen LogP contribution in [0.3, 0.4) is 0 Å². The van der Waals surface area contributed by atoms with Gasteiger partial charge in [-0.15, -0.1) is 11.3 Å². The number of aryl methyl sites for hydroxylation is 1. The van der Waals surface area contributed by atoms with Crippen molar-refractivity contribution in [3.8, 4) is 5.75 Å². The summed E-state index contributed by atoms with van der Waals surface area (Å²) in [6.45, 7) is 2.02. The van der Waals surface area contributed by atoms with Crippen molar-refractivity contribution in [2.45, 2.75) is 25.5 Å². The van der Waals surface area contributed by atoms with Crippen LogP contribution in [0.15, 0.2) is 28.1 Å². The van der Waals surface area contributed by atoms with E-state index in [4.69, 9.17) is 4.74 Å². The van der Waals surface area contributed by atoms with Crippen LogP contribution in [0.5, 0.6) is 5.75 Å². The molecule has 0 radical (unpaired) electrons. The van der Waals surface area contributed by atoms with Crippen LogP contribution in [0.4, 0.5) is 0 Å². The van der Waals surface area contributed by atoms with Crippen molar-refractivity contribution in [1.82, 2.24) is 10.3 Å². The van der Waals surface area contributed by atoms with Crippen LogP contribution >= 0.6 is 27.3 Å². The normalized spacial score (nSPS) is 21.8. The fourth-order valence-corrected chi connectivity index (χ4v) is 3.56. The maximum atomic E-state index is 6.12. The van der Waals surface area contributed by atoms with E-state index in [9.17, 15) is 0 Å². The highest BCUT2D eigenvalue weighted by molar-refractivity contribution is 9.10. The van der Waals surface area contributed by atoms with E-state index in [1.807, 2.05) is 20.0 Å².